The highest BCUT2D eigenvalue weighted by atomic mass is 19.4. The molecule has 0 amide bonds. The Morgan fingerprint density at radius 3 is 2.62 bits per heavy atom. The van der Waals surface area contributed by atoms with E-state index in [2.05, 4.69) is 9.68 Å². The van der Waals surface area contributed by atoms with Gasteiger partial charge in [-0.1, -0.05) is 6.07 Å². The van der Waals surface area contributed by atoms with Gasteiger partial charge in [-0.2, -0.15) is 18.0 Å². The number of nitrogens with zero attached hydrogens (tertiary/aromatic N) is 1. The molecule has 0 saturated carbocycles. The van der Waals surface area contributed by atoms with Gasteiger partial charge in [-0.3, -0.25) is 0 Å². The number of hydrogen-bond acceptors (Lipinski definition) is 3. The van der Waals surface area contributed by atoms with Crippen molar-refractivity contribution in [2.45, 2.75) is 13.1 Å². The summed E-state index contributed by atoms with van der Waals surface area (Å²) in [6.45, 7) is 1.60. The van der Waals surface area contributed by atoms with Gasteiger partial charge < -0.3 is 0 Å². The van der Waals surface area contributed by atoms with Crippen LogP contribution in [-0.2, 0) is 11.0 Å². The fraction of sp³-hybridized carbons (Fsp3) is 0.333. The third kappa shape index (κ3) is 3.41. The fourth-order valence-corrected chi connectivity index (χ4v) is 0.947. The molecule has 0 aliphatic heterocycles. The molecule has 0 unspecified atom stereocenters. The molecule has 0 saturated heterocycles. The van der Waals surface area contributed by atoms with Gasteiger partial charge in [-0.25, -0.2) is 0 Å². The summed E-state index contributed by atoms with van der Waals surface area (Å²) in [5, 5.41) is -0.241. The largest absolute Gasteiger partial charge is 0.483 e. The van der Waals surface area contributed by atoms with Crippen LogP contribution in [-0.4, -0.2) is 11.7 Å². The van der Waals surface area contributed by atoms with Gasteiger partial charge in [0.05, 0.1) is 5.56 Å². The van der Waals surface area contributed by atoms with Crippen molar-refractivity contribution in [2.75, 3.05) is 6.61 Å². The lowest BCUT2D eigenvalue weighted by Gasteiger charge is -2.05. The molecular weight excluding hydrogens is 227 g/mol. The summed E-state index contributed by atoms with van der Waals surface area (Å²) < 4.78 is 36.8. The molecule has 0 spiro atoms. The second-order valence-corrected chi connectivity index (χ2v) is 2.76. The zero-order valence-electron chi connectivity index (χ0n) is 8.32. The molecule has 0 atom stereocenters. The highest BCUT2D eigenvalue weighted by Crippen LogP contribution is 2.31. The van der Waals surface area contributed by atoms with Crippen molar-refractivity contribution < 1.29 is 27.9 Å². The van der Waals surface area contributed by atoms with Crippen LogP contribution in [0.4, 0.5) is 13.2 Å². The Labute approximate surface area is 89.1 Å². The van der Waals surface area contributed by atoms with Crippen LogP contribution < -0.4 is 4.84 Å². The number of alkyl halides is 3. The summed E-state index contributed by atoms with van der Waals surface area (Å²) in [4.78, 5) is 19.6. The summed E-state index contributed by atoms with van der Waals surface area (Å²) in [5.41, 5.74) is -0.894. The number of hydrogen-bond donors (Lipinski definition) is 0. The molecule has 0 aromatic heterocycles. The Bertz CT molecular complexity index is 379. The third-order valence-electron chi connectivity index (χ3n) is 1.58. The lowest BCUT2D eigenvalue weighted by Crippen LogP contribution is -2.14. The molecule has 1 rings (SSSR count). The molecule has 1 aromatic rings. The zero-order valence-corrected chi connectivity index (χ0v) is 8.32. The molecule has 16 heavy (non-hydrogen) atoms. The highest BCUT2D eigenvalue weighted by molar-refractivity contribution is 5.29. The summed E-state index contributed by atoms with van der Waals surface area (Å²) >= 11 is 0. The van der Waals surface area contributed by atoms with Gasteiger partial charge in [-0.05, 0) is 19.1 Å². The fourth-order valence-electron chi connectivity index (χ4n) is 0.947. The van der Waals surface area contributed by atoms with E-state index < -0.39 is 11.7 Å². The third-order valence-corrected chi connectivity index (χ3v) is 1.58. The minimum absolute atomic E-state index is 0.0580. The molecule has 7 heteroatoms. The molecule has 1 aromatic carbocycles. The Hall–Kier alpha value is -1.79. The van der Waals surface area contributed by atoms with Crippen LogP contribution in [0.15, 0.2) is 24.3 Å². The molecule has 0 radical (unpaired) electrons. The number of halogens is 3. The maximum Gasteiger partial charge on any atom is 0.483 e. The second kappa shape index (κ2) is 4.82. The molecule has 4 nitrogen and oxygen atoms in total. The topological polar surface area (TPSA) is 38.5 Å². The van der Waals surface area contributed by atoms with E-state index in [1.165, 1.54) is 6.07 Å². The van der Waals surface area contributed by atoms with Gasteiger partial charge in [-0.15, -0.1) is 4.84 Å². The lowest BCUT2D eigenvalue weighted by molar-refractivity contribution is -0.951. The minimum atomic E-state index is -4.47. The van der Waals surface area contributed by atoms with E-state index >= 15 is 0 Å². The van der Waals surface area contributed by atoms with E-state index in [-0.39, 0.29) is 17.4 Å². The van der Waals surface area contributed by atoms with Crippen molar-refractivity contribution in [3.63, 3.8) is 0 Å². The summed E-state index contributed by atoms with van der Waals surface area (Å²) in [6.07, 6.45) is -4.47. The SMILES string of the molecule is CCO[N+](=O)Oc1cccc(C(F)(F)F)c1. The molecule has 0 heterocycles. The van der Waals surface area contributed by atoms with Gasteiger partial charge in [0.1, 0.15) is 4.91 Å². The van der Waals surface area contributed by atoms with Crippen LogP contribution in [0, 0.1) is 4.91 Å². The van der Waals surface area contributed by atoms with Crippen LogP contribution in [0.1, 0.15) is 12.5 Å². The van der Waals surface area contributed by atoms with Gasteiger partial charge in [0.15, 0.2) is 6.61 Å². The normalized spacial score (nSPS) is 11.0. The summed E-state index contributed by atoms with van der Waals surface area (Å²) in [6, 6.07) is 3.95. The Kier molecular flexibility index (Phi) is 3.70. The van der Waals surface area contributed by atoms with Crippen molar-refractivity contribution >= 4 is 0 Å². The minimum Gasteiger partial charge on any atom is -0.186 e. The highest BCUT2D eigenvalue weighted by Gasteiger charge is 2.31. The molecule has 0 aliphatic carbocycles. The quantitative estimate of drug-likeness (QED) is 0.754. The van der Waals surface area contributed by atoms with Crippen molar-refractivity contribution in [3.05, 3.63) is 34.7 Å². The smallest absolute Gasteiger partial charge is 0.186 e. The van der Waals surface area contributed by atoms with E-state index in [0.29, 0.717) is 6.07 Å². The first-order valence-electron chi connectivity index (χ1n) is 4.39. The van der Waals surface area contributed by atoms with E-state index in [4.69, 9.17) is 0 Å². The summed E-state index contributed by atoms with van der Waals surface area (Å²) in [7, 11) is 0. The van der Waals surface area contributed by atoms with E-state index in [1.54, 1.807) is 6.92 Å². The zero-order chi connectivity index (χ0) is 12.2. The van der Waals surface area contributed by atoms with Gasteiger partial charge >= 0.3 is 11.3 Å². The van der Waals surface area contributed by atoms with Crippen LogP contribution in [0.25, 0.3) is 0 Å². The van der Waals surface area contributed by atoms with Gasteiger partial charge in [0, 0.05) is 6.07 Å². The van der Waals surface area contributed by atoms with E-state index in [9.17, 15) is 18.1 Å². The monoisotopic (exact) mass is 236 g/mol. The molecular formula is C9H9F3NO3+. The van der Waals surface area contributed by atoms with Crippen LogP contribution in [0.3, 0.4) is 0 Å². The van der Waals surface area contributed by atoms with Crippen molar-refractivity contribution in [3.8, 4) is 5.75 Å². The molecule has 0 aliphatic rings. The number of rotatable bonds is 4. The average Bonchev–Trinajstić information content (AvgIpc) is 2.17. The predicted octanol–water partition coefficient (Wildman–Crippen LogP) is 2.73. The Morgan fingerprint density at radius 1 is 1.38 bits per heavy atom. The lowest BCUT2D eigenvalue weighted by atomic mass is 10.2. The maximum absolute atomic E-state index is 12.3. The molecule has 0 bridgehead atoms. The van der Waals surface area contributed by atoms with Gasteiger partial charge in [0.2, 0.25) is 5.75 Å². The molecule has 88 valence electrons. The molecule has 0 N–H and O–H groups in total. The standard InChI is InChI=1S/C9H9F3NO3/c1-2-15-13(14)16-8-5-3-4-7(6-8)9(10,11)12/h3-6H,2H2,1H3/q+1. The summed E-state index contributed by atoms with van der Waals surface area (Å²) in [5.74, 6) is -0.238. The Balaban J connectivity index is 2.79. The molecule has 0 fully saturated rings. The average molecular weight is 236 g/mol. The van der Waals surface area contributed by atoms with E-state index in [1.807, 2.05) is 0 Å². The van der Waals surface area contributed by atoms with Crippen LogP contribution in [0.5, 0.6) is 5.75 Å². The van der Waals surface area contributed by atoms with Gasteiger partial charge in [0.25, 0.3) is 0 Å². The Morgan fingerprint density at radius 2 is 2.06 bits per heavy atom. The second-order valence-electron chi connectivity index (χ2n) is 2.76. The number of benzene rings is 1. The van der Waals surface area contributed by atoms with Crippen molar-refractivity contribution in [1.29, 1.82) is 0 Å². The predicted molar refractivity (Wildman–Crippen MR) is 47.3 cm³/mol. The first-order valence-corrected chi connectivity index (χ1v) is 4.39. The first kappa shape index (κ1) is 12.3. The van der Waals surface area contributed by atoms with Crippen molar-refractivity contribution in [1.82, 2.24) is 0 Å². The van der Waals surface area contributed by atoms with Crippen LogP contribution >= 0.6 is 0 Å². The first-order chi connectivity index (χ1) is 7.43. The maximum atomic E-state index is 12.3. The van der Waals surface area contributed by atoms with Crippen LogP contribution in [0.2, 0.25) is 0 Å². The van der Waals surface area contributed by atoms with Crippen molar-refractivity contribution in [2.24, 2.45) is 0 Å². The van der Waals surface area contributed by atoms with E-state index in [0.717, 1.165) is 12.1 Å².